The average molecular weight is 206 g/mol. The Bertz CT molecular complexity index is 409. The first-order valence-corrected chi connectivity index (χ1v) is 5.06. The van der Waals surface area contributed by atoms with Gasteiger partial charge in [-0.3, -0.25) is 4.99 Å². The predicted molar refractivity (Wildman–Crippen MR) is 55.1 cm³/mol. The molecule has 2 atom stereocenters. The van der Waals surface area contributed by atoms with Gasteiger partial charge in [0.2, 0.25) is 0 Å². The van der Waals surface area contributed by atoms with Gasteiger partial charge in [-0.2, -0.15) is 0 Å². The summed E-state index contributed by atoms with van der Waals surface area (Å²) in [5.74, 6) is 1.32. The van der Waals surface area contributed by atoms with Gasteiger partial charge in [0.25, 0.3) is 0 Å². The highest BCUT2D eigenvalue weighted by Gasteiger charge is 2.31. The topological polar surface area (TPSA) is 33.6 Å². The monoisotopic (exact) mass is 206 g/mol. The number of hydrogen-bond acceptors (Lipinski definition) is 3. The second-order valence-corrected chi connectivity index (χ2v) is 3.75. The fourth-order valence-corrected chi connectivity index (χ4v) is 1.94. The molecule has 1 fully saturated rings. The molecule has 0 saturated carbocycles. The van der Waals surface area contributed by atoms with Crippen molar-refractivity contribution in [3.05, 3.63) is 35.9 Å². The lowest BCUT2D eigenvalue weighted by Gasteiger charge is -2.35. The quantitative estimate of drug-likeness (QED) is 0.651. The lowest BCUT2D eigenvalue weighted by Crippen LogP contribution is -2.50. The van der Waals surface area contributed by atoms with Crippen molar-refractivity contribution in [3.63, 3.8) is 0 Å². The fourth-order valence-electron chi connectivity index (χ4n) is 1.94. The molecule has 1 N–H and O–H groups in total. The van der Waals surface area contributed by atoms with Crippen LogP contribution in [0.1, 0.15) is 6.42 Å². The van der Waals surface area contributed by atoms with Crippen LogP contribution in [0.5, 0.6) is 0 Å². The van der Waals surface area contributed by atoms with Crippen LogP contribution in [0.4, 0.5) is 4.39 Å². The Kier molecular flexibility index (Phi) is 1.87. The average Bonchev–Trinajstić information content (AvgIpc) is 2.26. The van der Waals surface area contributed by atoms with Crippen molar-refractivity contribution < 1.29 is 9.13 Å². The highest BCUT2D eigenvalue weighted by atomic mass is 19.1. The molecule has 0 amide bonds. The smallest absolute Gasteiger partial charge is 0.164 e. The van der Waals surface area contributed by atoms with Crippen molar-refractivity contribution >= 4 is 5.84 Å². The third kappa shape index (κ3) is 1.46. The number of nitrogens with one attached hydrogen (secondary N) is 1. The van der Waals surface area contributed by atoms with Crippen LogP contribution in [0, 0.1) is 0 Å². The number of aliphatic imine (C=N–C) groups is 1. The predicted octanol–water partition coefficient (Wildman–Crippen LogP) is 1.45. The van der Waals surface area contributed by atoms with Gasteiger partial charge >= 0.3 is 0 Å². The highest BCUT2D eigenvalue weighted by Crippen LogP contribution is 2.24. The van der Waals surface area contributed by atoms with E-state index >= 15 is 0 Å². The van der Waals surface area contributed by atoms with Crippen molar-refractivity contribution in [2.75, 3.05) is 6.54 Å². The maximum absolute atomic E-state index is 13.0. The number of amidine groups is 1. The minimum atomic E-state index is -0.226. The van der Waals surface area contributed by atoms with Crippen LogP contribution in [0.25, 0.3) is 0 Å². The number of morpholine rings is 1. The fraction of sp³-hybridized carbons (Fsp3) is 0.364. The number of ether oxygens (including phenoxy) is 1. The lowest BCUT2D eigenvalue weighted by atomic mass is 10.0. The Morgan fingerprint density at radius 1 is 1.53 bits per heavy atom. The van der Waals surface area contributed by atoms with Crippen molar-refractivity contribution in [1.82, 2.24) is 5.32 Å². The summed E-state index contributed by atoms with van der Waals surface area (Å²) in [6.45, 7) is 0.772. The summed E-state index contributed by atoms with van der Waals surface area (Å²) >= 11 is 0. The number of hydrogen-bond donors (Lipinski definition) is 1. The first-order chi connectivity index (χ1) is 7.33. The van der Waals surface area contributed by atoms with Gasteiger partial charge in [0.15, 0.2) is 11.6 Å². The van der Waals surface area contributed by atoms with Crippen molar-refractivity contribution in [2.24, 2.45) is 4.99 Å². The van der Waals surface area contributed by atoms with Gasteiger partial charge in [-0.25, -0.2) is 4.39 Å². The second-order valence-electron chi connectivity index (χ2n) is 3.75. The highest BCUT2D eigenvalue weighted by molar-refractivity contribution is 5.98. The largest absolute Gasteiger partial charge is 0.480 e. The summed E-state index contributed by atoms with van der Waals surface area (Å²) in [6.07, 6.45) is 7.51. The molecule has 3 nitrogen and oxygen atoms in total. The van der Waals surface area contributed by atoms with Crippen LogP contribution < -0.4 is 5.32 Å². The number of halogens is 1. The number of dihydropyridines is 1. The molecule has 2 unspecified atom stereocenters. The van der Waals surface area contributed by atoms with E-state index in [-0.39, 0.29) is 18.0 Å². The minimum absolute atomic E-state index is 0.118. The zero-order chi connectivity index (χ0) is 10.3. The van der Waals surface area contributed by atoms with Crippen LogP contribution in [-0.2, 0) is 4.74 Å². The SMILES string of the molecule is FC1=CC2NC3=NCCC=C3OC2C=C1. The Hall–Kier alpha value is -1.58. The molecule has 2 aliphatic heterocycles. The van der Waals surface area contributed by atoms with Crippen molar-refractivity contribution in [3.8, 4) is 0 Å². The zero-order valence-corrected chi connectivity index (χ0v) is 8.11. The van der Waals surface area contributed by atoms with Gasteiger partial charge in [0.1, 0.15) is 11.9 Å². The van der Waals surface area contributed by atoms with Crippen LogP contribution >= 0.6 is 0 Å². The van der Waals surface area contributed by atoms with Crippen LogP contribution in [-0.4, -0.2) is 24.5 Å². The minimum Gasteiger partial charge on any atom is -0.480 e. The Balaban J connectivity index is 1.89. The van der Waals surface area contributed by atoms with Gasteiger partial charge < -0.3 is 10.1 Å². The summed E-state index contributed by atoms with van der Waals surface area (Å²) in [6, 6.07) is -0.135. The van der Waals surface area contributed by atoms with Gasteiger partial charge in [-0.1, -0.05) is 0 Å². The van der Waals surface area contributed by atoms with Crippen LogP contribution in [0.15, 0.2) is 40.9 Å². The zero-order valence-electron chi connectivity index (χ0n) is 8.11. The Morgan fingerprint density at radius 3 is 3.40 bits per heavy atom. The molecule has 0 aromatic heterocycles. The maximum Gasteiger partial charge on any atom is 0.164 e. The molecule has 4 heteroatoms. The summed E-state index contributed by atoms with van der Waals surface area (Å²) in [5.41, 5.74) is 0. The van der Waals surface area contributed by atoms with E-state index in [0.717, 1.165) is 24.6 Å². The van der Waals surface area contributed by atoms with Crippen LogP contribution in [0.3, 0.4) is 0 Å². The molecule has 78 valence electrons. The molecule has 0 aromatic rings. The summed E-state index contributed by atoms with van der Waals surface area (Å²) < 4.78 is 18.7. The van der Waals surface area contributed by atoms with E-state index in [2.05, 4.69) is 10.3 Å². The first kappa shape index (κ1) is 8.71. The summed E-state index contributed by atoms with van der Waals surface area (Å²) in [7, 11) is 0. The van der Waals surface area contributed by atoms with Gasteiger partial charge in [0.05, 0.1) is 6.04 Å². The van der Waals surface area contributed by atoms with Gasteiger partial charge in [-0.05, 0) is 30.7 Å². The van der Waals surface area contributed by atoms with E-state index in [1.165, 1.54) is 12.2 Å². The maximum atomic E-state index is 13.0. The molecule has 2 heterocycles. The molecular formula is C11H11FN2O. The normalized spacial score (nSPS) is 32.5. The third-order valence-corrected chi connectivity index (χ3v) is 2.67. The van der Waals surface area contributed by atoms with Gasteiger partial charge in [-0.15, -0.1) is 0 Å². The molecular weight excluding hydrogens is 195 g/mol. The summed E-state index contributed by atoms with van der Waals surface area (Å²) in [4.78, 5) is 4.30. The first-order valence-electron chi connectivity index (χ1n) is 5.06. The molecule has 15 heavy (non-hydrogen) atoms. The Morgan fingerprint density at radius 2 is 2.47 bits per heavy atom. The Labute approximate surface area is 87.0 Å². The molecule has 1 saturated heterocycles. The number of allylic oxidation sites excluding steroid dienone is 2. The number of rotatable bonds is 0. The molecule has 0 radical (unpaired) electrons. The van der Waals surface area contributed by atoms with E-state index in [0.29, 0.717) is 0 Å². The number of fused-ring (bicyclic) bond motifs is 2. The molecule has 0 aromatic carbocycles. The standard InChI is InChI=1S/C11H11FN2O/c12-7-3-4-9-8(6-7)14-11-10(15-9)2-1-5-13-11/h2-4,6,8-9H,1,5H2,(H,13,14). The molecule has 3 rings (SSSR count). The molecule has 3 aliphatic rings. The van der Waals surface area contributed by atoms with Gasteiger partial charge in [0, 0.05) is 6.54 Å². The lowest BCUT2D eigenvalue weighted by molar-refractivity contribution is 0.131. The second kappa shape index (κ2) is 3.22. The molecule has 1 aliphatic carbocycles. The van der Waals surface area contributed by atoms with E-state index < -0.39 is 0 Å². The van der Waals surface area contributed by atoms with E-state index in [4.69, 9.17) is 4.74 Å². The van der Waals surface area contributed by atoms with Crippen molar-refractivity contribution in [2.45, 2.75) is 18.6 Å². The van der Waals surface area contributed by atoms with E-state index in [1.54, 1.807) is 6.08 Å². The van der Waals surface area contributed by atoms with E-state index in [9.17, 15) is 4.39 Å². The number of nitrogens with zero attached hydrogens (tertiary/aromatic N) is 1. The molecule has 0 spiro atoms. The summed E-state index contributed by atoms with van der Waals surface area (Å²) in [5, 5.41) is 3.18. The molecule has 0 bridgehead atoms. The third-order valence-electron chi connectivity index (χ3n) is 2.67. The van der Waals surface area contributed by atoms with Crippen LogP contribution in [0.2, 0.25) is 0 Å². The van der Waals surface area contributed by atoms with E-state index in [1.807, 2.05) is 6.08 Å². The van der Waals surface area contributed by atoms with Crippen molar-refractivity contribution in [1.29, 1.82) is 0 Å².